The highest BCUT2D eigenvalue weighted by molar-refractivity contribution is 7.22. The van der Waals surface area contributed by atoms with Gasteiger partial charge in [-0.05, 0) is 43.7 Å². The maximum atomic E-state index is 13.5. The second-order valence-corrected chi connectivity index (χ2v) is 8.88. The van der Waals surface area contributed by atoms with Crippen molar-refractivity contribution in [2.45, 2.75) is 19.5 Å². The van der Waals surface area contributed by atoms with E-state index in [4.69, 9.17) is 9.47 Å². The van der Waals surface area contributed by atoms with Gasteiger partial charge >= 0.3 is 6.18 Å². The number of ether oxygens (including phenoxy) is 2. The van der Waals surface area contributed by atoms with E-state index in [9.17, 15) is 18.0 Å². The second-order valence-electron chi connectivity index (χ2n) is 7.88. The maximum absolute atomic E-state index is 13.5. The van der Waals surface area contributed by atoms with Crippen LogP contribution in [0.1, 0.15) is 29.3 Å². The monoisotopic (exact) mass is 493 g/mol. The van der Waals surface area contributed by atoms with E-state index >= 15 is 0 Å². The van der Waals surface area contributed by atoms with E-state index in [2.05, 4.69) is 9.88 Å². The number of para-hydroxylation sites is 1. The Balaban J connectivity index is 1.63. The summed E-state index contributed by atoms with van der Waals surface area (Å²) in [7, 11) is 0. The standard InChI is InChI=1S/C24H26F3N3O3S/c1-2-33-19-8-4-9-20-21(19)28-23(34-20)30(11-5-10-29-12-14-32-15-13-29)22(31)17-6-3-7-18(16-17)24(25,26)27/h3-4,6-9,16H,2,5,10-15H2,1H3. The van der Waals surface area contributed by atoms with Gasteiger partial charge in [-0.2, -0.15) is 13.2 Å². The lowest BCUT2D eigenvalue weighted by atomic mass is 10.1. The van der Waals surface area contributed by atoms with Crippen molar-refractivity contribution in [1.29, 1.82) is 0 Å². The lowest BCUT2D eigenvalue weighted by molar-refractivity contribution is -0.137. The van der Waals surface area contributed by atoms with Crippen molar-refractivity contribution >= 4 is 32.6 Å². The molecule has 0 bridgehead atoms. The smallest absolute Gasteiger partial charge is 0.416 e. The molecule has 34 heavy (non-hydrogen) atoms. The highest BCUT2D eigenvalue weighted by Crippen LogP contribution is 2.35. The molecule has 1 aliphatic rings. The largest absolute Gasteiger partial charge is 0.492 e. The van der Waals surface area contributed by atoms with Crippen LogP contribution in [0.25, 0.3) is 10.2 Å². The predicted molar refractivity (Wildman–Crippen MR) is 126 cm³/mol. The van der Waals surface area contributed by atoms with Gasteiger partial charge in [-0.1, -0.05) is 23.5 Å². The number of fused-ring (bicyclic) bond motifs is 1. The summed E-state index contributed by atoms with van der Waals surface area (Å²) in [4.78, 5) is 21.8. The molecule has 1 amide bonds. The third-order valence-electron chi connectivity index (χ3n) is 5.54. The van der Waals surface area contributed by atoms with E-state index in [0.717, 1.165) is 36.5 Å². The SMILES string of the molecule is CCOc1cccc2sc(N(CCCN3CCOCC3)C(=O)c3cccc(C(F)(F)F)c3)nc12. The molecule has 0 saturated carbocycles. The van der Waals surface area contributed by atoms with E-state index in [-0.39, 0.29) is 5.56 Å². The summed E-state index contributed by atoms with van der Waals surface area (Å²) in [5.41, 5.74) is -0.237. The first kappa shape index (κ1) is 24.4. The predicted octanol–water partition coefficient (Wildman–Crippen LogP) is 5.08. The third kappa shape index (κ3) is 5.68. The normalized spacial score (nSPS) is 14.9. The van der Waals surface area contributed by atoms with Crippen molar-refractivity contribution in [1.82, 2.24) is 9.88 Å². The Labute approximate surface area is 199 Å². The number of hydrogen-bond acceptors (Lipinski definition) is 6. The van der Waals surface area contributed by atoms with Crippen LogP contribution in [0.15, 0.2) is 42.5 Å². The number of alkyl halides is 3. The van der Waals surface area contributed by atoms with Gasteiger partial charge in [0.05, 0.1) is 30.1 Å². The van der Waals surface area contributed by atoms with Gasteiger partial charge in [0, 0.05) is 31.7 Å². The molecule has 1 aliphatic heterocycles. The average molecular weight is 494 g/mol. The molecule has 10 heteroatoms. The van der Waals surface area contributed by atoms with Gasteiger partial charge in [0.15, 0.2) is 5.13 Å². The molecule has 1 fully saturated rings. The molecule has 182 valence electrons. The second kappa shape index (κ2) is 10.7. The van der Waals surface area contributed by atoms with Crippen LogP contribution in [0, 0.1) is 0 Å². The van der Waals surface area contributed by atoms with Crippen LogP contribution in [-0.2, 0) is 10.9 Å². The van der Waals surface area contributed by atoms with Crippen LogP contribution >= 0.6 is 11.3 Å². The number of nitrogens with zero attached hydrogens (tertiary/aromatic N) is 3. The number of aromatic nitrogens is 1. The molecule has 4 rings (SSSR count). The summed E-state index contributed by atoms with van der Waals surface area (Å²) < 4.78 is 51.7. The molecule has 0 spiro atoms. The van der Waals surface area contributed by atoms with Gasteiger partial charge in [-0.3, -0.25) is 14.6 Å². The minimum absolute atomic E-state index is 0.0227. The zero-order valence-electron chi connectivity index (χ0n) is 18.8. The first-order valence-electron chi connectivity index (χ1n) is 11.2. The molecule has 0 aliphatic carbocycles. The van der Waals surface area contributed by atoms with Gasteiger partial charge in [-0.25, -0.2) is 4.98 Å². The number of thiazole rings is 1. The van der Waals surface area contributed by atoms with Crippen molar-refractivity contribution in [2.75, 3.05) is 50.9 Å². The van der Waals surface area contributed by atoms with Crippen molar-refractivity contribution in [3.63, 3.8) is 0 Å². The highest BCUT2D eigenvalue weighted by atomic mass is 32.1. The number of rotatable bonds is 8. The lowest BCUT2D eigenvalue weighted by Gasteiger charge is -2.27. The highest BCUT2D eigenvalue weighted by Gasteiger charge is 2.32. The molecule has 0 atom stereocenters. The number of hydrogen-bond donors (Lipinski definition) is 0. The van der Waals surface area contributed by atoms with Crippen LogP contribution < -0.4 is 9.64 Å². The third-order valence-corrected chi connectivity index (χ3v) is 6.59. The van der Waals surface area contributed by atoms with Gasteiger partial charge in [0.1, 0.15) is 11.3 Å². The summed E-state index contributed by atoms with van der Waals surface area (Å²) in [6.45, 7) is 6.41. The Morgan fingerprint density at radius 3 is 2.71 bits per heavy atom. The Morgan fingerprint density at radius 1 is 1.21 bits per heavy atom. The molecule has 0 N–H and O–H groups in total. The lowest BCUT2D eigenvalue weighted by Crippen LogP contribution is -2.39. The number of carbonyl (C=O) groups excluding carboxylic acids is 1. The number of halogens is 3. The van der Waals surface area contributed by atoms with Crippen molar-refractivity contribution in [3.8, 4) is 5.75 Å². The minimum Gasteiger partial charge on any atom is -0.492 e. The topological polar surface area (TPSA) is 54.9 Å². The number of anilines is 1. The summed E-state index contributed by atoms with van der Waals surface area (Å²) in [6.07, 6.45) is -3.88. The molecular formula is C24H26F3N3O3S. The number of amides is 1. The van der Waals surface area contributed by atoms with Crippen molar-refractivity contribution in [3.05, 3.63) is 53.6 Å². The molecular weight excluding hydrogens is 467 g/mol. The maximum Gasteiger partial charge on any atom is 0.416 e. The van der Waals surface area contributed by atoms with Gasteiger partial charge in [0.25, 0.3) is 5.91 Å². The molecule has 3 aromatic rings. The van der Waals surface area contributed by atoms with Crippen LogP contribution in [0.5, 0.6) is 5.75 Å². The van der Waals surface area contributed by atoms with Gasteiger partial charge < -0.3 is 9.47 Å². The summed E-state index contributed by atoms with van der Waals surface area (Å²) >= 11 is 1.32. The summed E-state index contributed by atoms with van der Waals surface area (Å²) in [6, 6.07) is 10.1. The van der Waals surface area contributed by atoms with Crippen molar-refractivity contribution < 1.29 is 27.4 Å². The first-order valence-corrected chi connectivity index (χ1v) is 12.0. The Hall–Kier alpha value is -2.69. The van der Waals surface area contributed by atoms with E-state index in [1.165, 1.54) is 28.4 Å². The molecule has 1 saturated heterocycles. The molecule has 2 heterocycles. The average Bonchev–Trinajstić information content (AvgIpc) is 3.27. The fourth-order valence-electron chi connectivity index (χ4n) is 3.84. The summed E-state index contributed by atoms with van der Waals surface area (Å²) in [5.74, 6) is 0.104. The first-order chi connectivity index (χ1) is 16.4. The van der Waals surface area contributed by atoms with Crippen molar-refractivity contribution in [2.24, 2.45) is 0 Å². The Kier molecular flexibility index (Phi) is 7.70. The van der Waals surface area contributed by atoms with E-state index in [1.54, 1.807) is 0 Å². The van der Waals surface area contributed by atoms with Gasteiger partial charge in [-0.15, -0.1) is 0 Å². The molecule has 0 unspecified atom stereocenters. The van der Waals surface area contributed by atoms with Crippen LogP contribution in [0.4, 0.5) is 18.3 Å². The molecule has 1 aromatic heterocycles. The number of benzene rings is 2. The van der Waals surface area contributed by atoms with E-state index < -0.39 is 17.6 Å². The summed E-state index contributed by atoms with van der Waals surface area (Å²) in [5, 5.41) is 0.437. The zero-order chi connectivity index (χ0) is 24.1. The zero-order valence-corrected chi connectivity index (χ0v) is 19.6. The molecule has 6 nitrogen and oxygen atoms in total. The van der Waals surface area contributed by atoms with Crippen LogP contribution in [0.2, 0.25) is 0 Å². The fraction of sp³-hybridized carbons (Fsp3) is 0.417. The minimum atomic E-state index is -4.53. The number of carbonyl (C=O) groups is 1. The Morgan fingerprint density at radius 2 is 1.97 bits per heavy atom. The molecule has 2 aromatic carbocycles. The van der Waals surface area contributed by atoms with E-state index in [0.29, 0.717) is 49.2 Å². The fourth-order valence-corrected chi connectivity index (χ4v) is 4.85. The van der Waals surface area contributed by atoms with Crippen LogP contribution in [0.3, 0.4) is 0 Å². The van der Waals surface area contributed by atoms with E-state index in [1.807, 2.05) is 25.1 Å². The quantitative estimate of drug-likeness (QED) is 0.438. The Bertz CT molecular complexity index is 1130. The number of morpholine rings is 1. The van der Waals surface area contributed by atoms with Crippen LogP contribution in [-0.4, -0.2) is 61.8 Å². The molecule has 0 radical (unpaired) electrons. The van der Waals surface area contributed by atoms with Gasteiger partial charge in [0.2, 0.25) is 0 Å².